The zero-order chi connectivity index (χ0) is 21.0. The molecule has 0 aromatic heterocycles. The lowest BCUT2D eigenvalue weighted by atomic mass is 10.1. The summed E-state index contributed by atoms with van der Waals surface area (Å²) in [5, 5.41) is 4.93. The van der Waals surface area contributed by atoms with Crippen molar-refractivity contribution in [3.8, 4) is 0 Å². The molecule has 1 aliphatic rings. The van der Waals surface area contributed by atoms with Gasteiger partial charge in [0.1, 0.15) is 11.9 Å². The van der Waals surface area contributed by atoms with E-state index in [-0.39, 0.29) is 36.9 Å². The maximum Gasteiger partial charge on any atom is 0.261 e. The van der Waals surface area contributed by atoms with E-state index in [9.17, 15) is 23.6 Å². The van der Waals surface area contributed by atoms with Gasteiger partial charge in [0.05, 0.1) is 16.8 Å². The smallest absolute Gasteiger partial charge is 0.261 e. The number of nitrogens with zero attached hydrogens (tertiary/aromatic N) is 1. The summed E-state index contributed by atoms with van der Waals surface area (Å²) in [5.74, 6) is -2.27. The van der Waals surface area contributed by atoms with Crippen molar-refractivity contribution in [3.05, 3.63) is 65.5 Å². The summed E-state index contributed by atoms with van der Waals surface area (Å²) in [6, 6.07) is 11.4. The molecule has 29 heavy (non-hydrogen) atoms. The van der Waals surface area contributed by atoms with E-state index in [1.807, 2.05) is 0 Å². The predicted molar refractivity (Wildman–Crippen MR) is 104 cm³/mol. The van der Waals surface area contributed by atoms with Crippen molar-refractivity contribution < 1.29 is 23.6 Å². The van der Waals surface area contributed by atoms with Crippen molar-refractivity contribution in [1.29, 1.82) is 0 Å². The molecule has 0 radical (unpaired) electrons. The summed E-state index contributed by atoms with van der Waals surface area (Å²) >= 11 is 0. The molecule has 1 heterocycles. The van der Waals surface area contributed by atoms with Gasteiger partial charge in [0.25, 0.3) is 11.8 Å². The lowest BCUT2D eigenvalue weighted by molar-refractivity contribution is -0.126. The fraction of sp³-hybridized carbons (Fsp3) is 0.238. The molecule has 2 N–H and O–H groups in total. The first-order valence-electron chi connectivity index (χ1n) is 9.18. The SMILES string of the molecule is CC(NC(=O)CCCN1C(=O)c2ccccc2C1=O)C(=O)Nc1ccccc1F. The highest BCUT2D eigenvalue weighted by molar-refractivity contribution is 6.21. The highest BCUT2D eigenvalue weighted by Gasteiger charge is 2.34. The standard InChI is InChI=1S/C21H20FN3O4/c1-13(19(27)24-17-10-5-4-9-16(17)22)23-18(26)11-6-12-25-20(28)14-7-2-3-8-15(14)21(25)29/h2-5,7-10,13H,6,11-12H2,1H3,(H,23,26)(H,24,27). The Labute approximate surface area is 166 Å². The Morgan fingerprint density at radius 3 is 2.21 bits per heavy atom. The topological polar surface area (TPSA) is 95.6 Å². The normalized spacial score (nSPS) is 13.8. The van der Waals surface area contributed by atoms with Gasteiger partial charge in [-0.1, -0.05) is 24.3 Å². The van der Waals surface area contributed by atoms with Gasteiger partial charge in [0, 0.05) is 13.0 Å². The van der Waals surface area contributed by atoms with E-state index in [2.05, 4.69) is 10.6 Å². The Kier molecular flexibility index (Phi) is 6.01. The van der Waals surface area contributed by atoms with Crippen LogP contribution in [0, 0.1) is 5.82 Å². The number of imide groups is 1. The Morgan fingerprint density at radius 2 is 1.59 bits per heavy atom. The fourth-order valence-electron chi connectivity index (χ4n) is 3.02. The summed E-state index contributed by atoms with van der Waals surface area (Å²) in [7, 11) is 0. The third-order valence-corrected chi connectivity index (χ3v) is 4.57. The second-order valence-corrected chi connectivity index (χ2v) is 6.67. The molecular weight excluding hydrogens is 377 g/mol. The van der Waals surface area contributed by atoms with E-state index in [0.717, 1.165) is 4.90 Å². The minimum atomic E-state index is -0.874. The molecule has 8 heteroatoms. The quantitative estimate of drug-likeness (QED) is 0.701. The minimum Gasteiger partial charge on any atom is -0.345 e. The van der Waals surface area contributed by atoms with Gasteiger partial charge in [0.2, 0.25) is 11.8 Å². The van der Waals surface area contributed by atoms with E-state index in [0.29, 0.717) is 11.1 Å². The highest BCUT2D eigenvalue weighted by Crippen LogP contribution is 2.22. The summed E-state index contributed by atoms with van der Waals surface area (Å²) < 4.78 is 13.6. The number of para-hydroxylation sites is 1. The highest BCUT2D eigenvalue weighted by atomic mass is 19.1. The second-order valence-electron chi connectivity index (χ2n) is 6.67. The van der Waals surface area contributed by atoms with Crippen LogP contribution in [0.2, 0.25) is 0 Å². The van der Waals surface area contributed by atoms with Crippen LogP contribution in [0.4, 0.5) is 10.1 Å². The first-order chi connectivity index (χ1) is 13.9. The molecular formula is C21H20FN3O4. The van der Waals surface area contributed by atoms with Crippen molar-refractivity contribution in [1.82, 2.24) is 10.2 Å². The van der Waals surface area contributed by atoms with Crippen LogP contribution < -0.4 is 10.6 Å². The maximum atomic E-state index is 13.6. The van der Waals surface area contributed by atoms with Gasteiger partial charge in [-0.25, -0.2) is 4.39 Å². The van der Waals surface area contributed by atoms with Crippen LogP contribution in [0.15, 0.2) is 48.5 Å². The van der Waals surface area contributed by atoms with E-state index in [4.69, 9.17) is 0 Å². The lowest BCUT2D eigenvalue weighted by Gasteiger charge is -2.16. The van der Waals surface area contributed by atoms with Crippen LogP contribution >= 0.6 is 0 Å². The molecule has 0 bridgehead atoms. The van der Waals surface area contributed by atoms with Crippen LogP contribution in [-0.4, -0.2) is 41.1 Å². The van der Waals surface area contributed by atoms with Gasteiger partial charge >= 0.3 is 0 Å². The van der Waals surface area contributed by atoms with Crippen molar-refractivity contribution in [2.45, 2.75) is 25.8 Å². The van der Waals surface area contributed by atoms with E-state index < -0.39 is 23.7 Å². The average molecular weight is 397 g/mol. The molecule has 0 fully saturated rings. The van der Waals surface area contributed by atoms with Crippen LogP contribution in [0.3, 0.4) is 0 Å². The number of rotatable bonds is 7. The number of nitrogens with one attached hydrogen (secondary N) is 2. The Bertz CT molecular complexity index is 941. The number of hydrogen-bond acceptors (Lipinski definition) is 4. The number of halogens is 1. The predicted octanol–water partition coefficient (Wildman–Crippen LogP) is 2.35. The number of fused-ring (bicyclic) bond motifs is 1. The Morgan fingerprint density at radius 1 is 1.00 bits per heavy atom. The number of benzene rings is 2. The van der Waals surface area contributed by atoms with Gasteiger partial charge in [0.15, 0.2) is 0 Å². The minimum absolute atomic E-state index is 0.0317. The zero-order valence-electron chi connectivity index (χ0n) is 15.8. The summed E-state index contributed by atoms with van der Waals surface area (Å²) in [6.07, 6.45) is 0.295. The molecule has 1 unspecified atom stereocenters. The number of hydrogen-bond donors (Lipinski definition) is 2. The molecule has 0 aliphatic carbocycles. The van der Waals surface area contributed by atoms with Gasteiger partial charge in [-0.2, -0.15) is 0 Å². The van der Waals surface area contributed by atoms with Crippen molar-refractivity contribution >= 4 is 29.3 Å². The lowest BCUT2D eigenvalue weighted by Crippen LogP contribution is -2.42. The van der Waals surface area contributed by atoms with Crippen molar-refractivity contribution in [3.63, 3.8) is 0 Å². The van der Waals surface area contributed by atoms with Crippen LogP contribution in [0.25, 0.3) is 0 Å². The van der Waals surface area contributed by atoms with Gasteiger partial charge in [-0.15, -0.1) is 0 Å². The fourth-order valence-corrected chi connectivity index (χ4v) is 3.02. The third-order valence-electron chi connectivity index (χ3n) is 4.57. The maximum absolute atomic E-state index is 13.6. The average Bonchev–Trinajstić information content (AvgIpc) is 2.94. The van der Waals surface area contributed by atoms with E-state index in [1.165, 1.54) is 25.1 Å². The van der Waals surface area contributed by atoms with Gasteiger partial charge < -0.3 is 10.6 Å². The molecule has 7 nitrogen and oxygen atoms in total. The molecule has 4 amide bonds. The first-order valence-corrected chi connectivity index (χ1v) is 9.18. The monoisotopic (exact) mass is 397 g/mol. The van der Waals surface area contributed by atoms with Crippen LogP contribution in [0.1, 0.15) is 40.5 Å². The summed E-state index contributed by atoms with van der Waals surface area (Å²) in [4.78, 5) is 49.8. The summed E-state index contributed by atoms with van der Waals surface area (Å²) in [5.41, 5.74) is 0.755. The second kappa shape index (κ2) is 8.64. The Hall–Kier alpha value is -3.55. The molecule has 150 valence electrons. The number of carbonyl (C=O) groups excluding carboxylic acids is 4. The first kappa shape index (κ1) is 20.2. The molecule has 0 spiro atoms. The van der Waals surface area contributed by atoms with Crippen molar-refractivity contribution in [2.24, 2.45) is 0 Å². The largest absolute Gasteiger partial charge is 0.345 e. The number of anilines is 1. The molecule has 2 aromatic carbocycles. The van der Waals surface area contributed by atoms with Gasteiger partial charge in [-0.3, -0.25) is 24.1 Å². The number of amides is 4. The zero-order valence-corrected chi connectivity index (χ0v) is 15.8. The molecule has 0 saturated carbocycles. The Balaban J connectivity index is 1.45. The van der Waals surface area contributed by atoms with Crippen LogP contribution in [-0.2, 0) is 9.59 Å². The van der Waals surface area contributed by atoms with Crippen LogP contribution in [0.5, 0.6) is 0 Å². The van der Waals surface area contributed by atoms with E-state index >= 15 is 0 Å². The van der Waals surface area contributed by atoms with E-state index in [1.54, 1.807) is 30.3 Å². The molecule has 0 saturated heterocycles. The molecule has 2 aromatic rings. The third kappa shape index (κ3) is 4.48. The summed E-state index contributed by atoms with van der Waals surface area (Å²) in [6.45, 7) is 1.59. The molecule has 1 aliphatic heterocycles. The van der Waals surface area contributed by atoms with Crippen molar-refractivity contribution in [2.75, 3.05) is 11.9 Å². The number of carbonyl (C=O) groups is 4. The molecule has 3 rings (SSSR count). The van der Waals surface area contributed by atoms with Gasteiger partial charge in [-0.05, 0) is 37.6 Å². The molecule has 1 atom stereocenters.